The predicted molar refractivity (Wildman–Crippen MR) is 189 cm³/mol. The van der Waals surface area contributed by atoms with Crippen LogP contribution in [-0.2, 0) is 52.9 Å². The largest absolute Gasteiger partial charge is 0.379 e. The molecule has 6 atom stereocenters. The summed E-state index contributed by atoms with van der Waals surface area (Å²) in [5.41, 5.74) is 4.81. The van der Waals surface area contributed by atoms with Gasteiger partial charge in [-0.25, -0.2) is 9.78 Å². The number of hydrogen-bond donors (Lipinski definition) is 0. The van der Waals surface area contributed by atoms with Gasteiger partial charge in [0.25, 0.3) is 0 Å². The number of unbranched alkanes of at least 4 members (excludes halogenated alkanes) is 4. The SMILES string of the molecule is CCCCOC[C@H]1OC(c2cc(CC3Cc4ccccc4S3)ccc2COOC)[C@H](OCCCC)C(OCCCC)[C@@H]1OCCCC. The van der Waals surface area contributed by atoms with E-state index < -0.39 is 0 Å². The molecule has 2 aromatic carbocycles. The highest BCUT2D eigenvalue weighted by atomic mass is 32.2. The Balaban J connectivity index is 1.70. The van der Waals surface area contributed by atoms with E-state index in [4.69, 9.17) is 33.5 Å². The summed E-state index contributed by atoms with van der Waals surface area (Å²) in [5, 5.41) is 0.492. The third-order valence-corrected chi connectivity index (χ3v) is 10.3. The highest BCUT2D eigenvalue weighted by Gasteiger charge is 2.49. The maximum absolute atomic E-state index is 7.12. The van der Waals surface area contributed by atoms with E-state index in [1.165, 1.54) is 16.0 Å². The van der Waals surface area contributed by atoms with E-state index in [1.54, 1.807) is 7.11 Å². The lowest BCUT2D eigenvalue weighted by Gasteiger charge is -2.47. The number of ether oxygens (including phenoxy) is 5. The summed E-state index contributed by atoms with van der Waals surface area (Å²) >= 11 is 1.99. The van der Waals surface area contributed by atoms with Gasteiger partial charge in [-0.15, -0.1) is 11.8 Å². The third kappa shape index (κ3) is 11.5. The van der Waals surface area contributed by atoms with Gasteiger partial charge in [0.05, 0.1) is 13.7 Å². The Morgan fingerprint density at radius 3 is 2.11 bits per heavy atom. The van der Waals surface area contributed by atoms with Gasteiger partial charge in [-0.3, -0.25) is 0 Å². The quantitative estimate of drug-likeness (QED) is 0.0659. The molecule has 3 unspecified atom stereocenters. The zero-order valence-corrected chi connectivity index (χ0v) is 30.4. The maximum Gasteiger partial charge on any atom is 0.117 e. The molecule has 1 saturated heterocycles. The molecule has 0 spiro atoms. The van der Waals surface area contributed by atoms with Crippen LogP contribution in [0.5, 0.6) is 0 Å². The summed E-state index contributed by atoms with van der Waals surface area (Å²) in [7, 11) is 1.55. The van der Waals surface area contributed by atoms with Crippen molar-refractivity contribution < 1.29 is 33.5 Å². The Hall–Kier alpha value is -1.49. The zero-order valence-electron chi connectivity index (χ0n) is 29.6. The Morgan fingerprint density at radius 1 is 0.766 bits per heavy atom. The van der Waals surface area contributed by atoms with Crippen LogP contribution in [0.2, 0.25) is 0 Å². The van der Waals surface area contributed by atoms with E-state index in [9.17, 15) is 0 Å². The molecule has 4 rings (SSSR count). The van der Waals surface area contributed by atoms with Crippen molar-refractivity contribution in [2.75, 3.05) is 40.1 Å². The van der Waals surface area contributed by atoms with Crippen molar-refractivity contribution in [2.24, 2.45) is 0 Å². The summed E-state index contributed by atoms with van der Waals surface area (Å²) in [6.45, 7) is 12.2. The van der Waals surface area contributed by atoms with Crippen LogP contribution in [0.3, 0.4) is 0 Å². The molecule has 0 bridgehead atoms. The molecule has 0 radical (unpaired) electrons. The summed E-state index contributed by atoms with van der Waals surface area (Å²) in [6, 6.07) is 15.5. The fourth-order valence-corrected chi connectivity index (χ4v) is 7.69. The standard InChI is InChI=1S/C39H60O7S/c1-6-10-20-41-28-34-37(42-21-11-7-2)39(44-23-13-9-4)38(43-22-12-8-3)36(46-34)33-25-29(18-19-31(33)27-45-40-5)24-32-26-30-16-14-15-17-35(30)47-32/h14-19,25,32,34,36-39H,6-13,20-24,26-28H2,1-5H3/t32?,34-,36?,37-,38+,39?/m1/s1. The van der Waals surface area contributed by atoms with E-state index in [2.05, 4.69) is 70.2 Å². The monoisotopic (exact) mass is 672 g/mol. The first kappa shape index (κ1) is 38.3. The van der Waals surface area contributed by atoms with Crippen LogP contribution in [0.4, 0.5) is 0 Å². The van der Waals surface area contributed by atoms with Gasteiger partial charge < -0.3 is 23.7 Å². The number of hydrogen-bond acceptors (Lipinski definition) is 8. The highest BCUT2D eigenvalue weighted by Crippen LogP contribution is 2.41. The first-order valence-electron chi connectivity index (χ1n) is 18.2. The van der Waals surface area contributed by atoms with E-state index >= 15 is 0 Å². The van der Waals surface area contributed by atoms with Crippen molar-refractivity contribution >= 4 is 11.8 Å². The van der Waals surface area contributed by atoms with E-state index in [-0.39, 0.29) is 30.5 Å². The normalized spacial score (nSPS) is 24.1. The van der Waals surface area contributed by atoms with Gasteiger partial charge in [-0.2, -0.15) is 0 Å². The number of rotatable bonds is 23. The fraction of sp³-hybridized carbons (Fsp3) is 0.692. The average molecular weight is 673 g/mol. The van der Waals surface area contributed by atoms with E-state index in [0.717, 1.165) is 75.3 Å². The summed E-state index contributed by atoms with van der Waals surface area (Å²) in [6.07, 6.45) is 8.62. The minimum Gasteiger partial charge on any atom is -0.379 e. The molecule has 0 aliphatic carbocycles. The van der Waals surface area contributed by atoms with Gasteiger partial charge in [-0.1, -0.05) is 89.8 Å². The minimum absolute atomic E-state index is 0.293. The van der Waals surface area contributed by atoms with Crippen molar-refractivity contribution in [3.63, 3.8) is 0 Å². The molecule has 47 heavy (non-hydrogen) atoms. The molecule has 0 saturated carbocycles. The molecule has 2 aliphatic heterocycles. The molecule has 264 valence electrons. The molecule has 0 amide bonds. The molecule has 1 fully saturated rings. The van der Waals surface area contributed by atoms with Gasteiger partial charge >= 0.3 is 0 Å². The van der Waals surface area contributed by atoms with Crippen molar-refractivity contribution in [3.8, 4) is 0 Å². The molecule has 7 nitrogen and oxygen atoms in total. The van der Waals surface area contributed by atoms with Gasteiger partial charge in [0, 0.05) is 36.6 Å². The predicted octanol–water partition coefficient (Wildman–Crippen LogP) is 8.84. The number of thioether (sulfide) groups is 1. The van der Waals surface area contributed by atoms with Crippen molar-refractivity contribution in [1.82, 2.24) is 0 Å². The summed E-state index contributed by atoms with van der Waals surface area (Å²) in [4.78, 5) is 12.0. The van der Waals surface area contributed by atoms with Gasteiger partial charge in [0.15, 0.2) is 0 Å². The second-order valence-corrected chi connectivity index (χ2v) is 14.2. The Labute approximate surface area is 288 Å². The maximum atomic E-state index is 7.12. The first-order valence-corrected chi connectivity index (χ1v) is 19.1. The lowest BCUT2D eigenvalue weighted by molar-refractivity contribution is -0.284. The molecule has 2 aromatic rings. The Kier molecular flexibility index (Phi) is 17.6. The van der Waals surface area contributed by atoms with Gasteiger partial charge in [0.2, 0.25) is 0 Å². The molecule has 0 aromatic heterocycles. The molecule has 8 heteroatoms. The van der Waals surface area contributed by atoms with E-state index in [0.29, 0.717) is 44.9 Å². The zero-order chi connectivity index (χ0) is 33.3. The highest BCUT2D eigenvalue weighted by molar-refractivity contribution is 8.00. The van der Waals surface area contributed by atoms with Crippen LogP contribution in [0.25, 0.3) is 0 Å². The van der Waals surface area contributed by atoms with Gasteiger partial charge in [0.1, 0.15) is 37.1 Å². The smallest absolute Gasteiger partial charge is 0.117 e. The van der Waals surface area contributed by atoms with Gasteiger partial charge in [-0.05, 0) is 66.8 Å². The molecule has 2 heterocycles. The van der Waals surface area contributed by atoms with E-state index in [1.807, 2.05) is 11.8 Å². The molecular formula is C39H60O7S. The lowest BCUT2D eigenvalue weighted by Crippen LogP contribution is -2.58. The number of fused-ring (bicyclic) bond motifs is 1. The molecule has 0 N–H and O–H groups in total. The lowest BCUT2D eigenvalue weighted by atomic mass is 9.87. The van der Waals surface area contributed by atoms with Crippen LogP contribution in [0, 0.1) is 0 Å². The third-order valence-electron chi connectivity index (χ3n) is 9.01. The second kappa shape index (κ2) is 21.6. The summed E-state index contributed by atoms with van der Waals surface area (Å²) in [5.74, 6) is 0. The van der Waals surface area contributed by atoms with Crippen molar-refractivity contribution in [2.45, 2.75) is 139 Å². The van der Waals surface area contributed by atoms with Crippen molar-refractivity contribution in [3.05, 3.63) is 64.7 Å². The van der Waals surface area contributed by atoms with Crippen LogP contribution >= 0.6 is 11.8 Å². The topological polar surface area (TPSA) is 64.6 Å². The first-order chi connectivity index (χ1) is 23.1. The molecular weight excluding hydrogens is 612 g/mol. The summed E-state index contributed by atoms with van der Waals surface area (Å²) < 4.78 is 33.5. The Bertz CT molecular complexity index is 1120. The Morgan fingerprint density at radius 2 is 1.43 bits per heavy atom. The second-order valence-electron chi connectivity index (χ2n) is 12.8. The number of benzene rings is 2. The van der Waals surface area contributed by atoms with Crippen LogP contribution < -0.4 is 0 Å². The molecule has 2 aliphatic rings. The van der Waals surface area contributed by atoms with Crippen LogP contribution in [-0.4, -0.2) is 69.8 Å². The van der Waals surface area contributed by atoms with Crippen LogP contribution in [0.15, 0.2) is 47.4 Å². The van der Waals surface area contributed by atoms with Crippen LogP contribution in [0.1, 0.15) is 107 Å². The average Bonchev–Trinajstić information content (AvgIpc) is 3.50. The fourth-order valence-electron chi connectivity index (χ4n) is 6.33. The minimum atomic E-state index is -0.381. The van der Waals surface area contributed by atoms with Crippen molar-refractivity contribution in [1.29, 1.82) is 0 Å².